The summed E-state index contributed by atoms with van der Waals surface area (Å²) >= 11 is 0. The molecule has 152 valence electrons. The predicted octanol–water partition coefficient (Wildman–Crippen LogP) is 2.97. The molecule has 1 aliphatic rings. The van der Waals surface area contributed by atoms with Crippen LogP contribution in [-0.2, 0) is 6.18 Å². The van der Waals surface area contributed by atoms with Crippen LogP contribution < -0.4 is 9.64 Å². The van der Waals surface area contributed by atoms with Crippen molar-refractivity contribution in [3.05, 3.63) is 53.7 Å². The minimum absolute atomic E-state index is 0.212. The summed E-state index contributed by atoms with van der Waals surface area (Å²) in [4.78, 5) is 8.01. The first-order chi connectivity index (χ1) is 13.3. The molecule has 1 aliphatic heterocycles. The molecule has 2 heterocycles. The number of β-amino-alcohol motifs (C(OH)–C–C–N with tert-alkyl or cyclic N) is 1. The highest BCUT2D eigenvalue weighted by Gasteiger charge is 2.31. The second-order valence-corrected chi connectivity index (χ2v) is 6.97. The Balaban J connectivity index is 1.42. The van der Waals surface area contributed by atoms with Crippen molar-refractivity contribution in [1.29, 1.82) is 0 Å². The van der Waals surface area contributed by atoms with E-state index in [2.05, 4.69) is 9.88 Å². The monoisotopic (exact) mass is 395 g/mol. The number of halogens is 3. The number of nitrogens with zero attached hydrogens (tertiary/aromatic N) is 3. The Labute approximate surface area is 162 Å². The Morgan fingerprint density at radius 2 is 1.75 bits per heavy atom. The van der Waals surface area contributed by atoms with Gasteiger partial charge in [0, 0.05) is 38.9 Å². The lowest BCUT2D eigenvalue weighted by Gasteiger charge is -2.36. The fourth-order valence-corrected chi connectivity index (χ4v) is 3.08. The highest BCUT2D eigenvalue weighted by molar-refractivity contribution is 5.40. The number of aryl methyl sites for hydroxylation is 1. The van der Waals surface area contributed by atoms with Crippen molar-refractivity contribution < 1.29 is 23.0 Å². The molecule has 0 aliphatic carbocycles. The summed E-state index contributed by atoms with van der Waals surface area (Å²) in [6, 6.07) is 10.1. The van der Waals surface area contributed by atoms with Gasteiger partial charge in [0.15, 0.2) is 0 Å². The average Bonchev–Trinajstić information content (AvgIpc) is 2.68. The molecule has 28 heavy (non-hydrogen) atoms. The van der Waals surface area contributed by atoms with Gasteiger partial charge in [-0.15, -0.1) is 0 Å². The maximum Gasteiger partial charge on any atom is 0.417 e. The molecule has 1 atom stereocenters. The second kappa shape index (κ2) is 8.79. The van der Waals surface area contributed by atoms with E-state index in [0.29, 0.717) is 38.5 Å². The molecule has 0 bridgehead atoms. The summed E-state index contributed by atoms with van der Waals surface area (Å²) in [5, 5.41) is 10.2. The fraction of sp³-hybridized carbons (Fsp3) is 0.450. The van der Waals surface area contributed by atoms with E-state index in [1.54, 1.807) is 0 Å². The molecule has 1 saturated heterocycles. The zero-order chi connectivity index (χ0) is 20.1. The van der Waals surface area contributed by atoms with Crippen molar-refractivity contribution in [2.45, 2.75) is 19.2 Å². The van der Waals surface area contributed by atoms with Crippen LogP contribution >= 0.6 is 0 Å². The Bertz CT molecular complexity index is 743. The quantitative estimate of drug-likeness (QED) is 0.815. The van der Waals surface area contributed by atoms with Crippen LogP contribution in [0, 0.1) is 6.92 Å². The van der Waals surface area contributed by atoms with E-state index in [1.165, 1.54) is 6.07 Å². The van der Waals surface area contributed by atoms with Crippen molar-refractivity contribution in [2.75, 3.05) is 44.2 Å². The lowest BCUT2D eigenvalue weighted by atomic mass is 10.2. The summed E-state index contributed by atoms with van der Waals surface area (Å²) < 4.78 is 43.5. The highest BCUT2D eigenvalue weighted by Crippen LogP contribution is 2.29. The minimum atomic E-state index is -4.37. The summed E-state index contributed by atoms with van der Waals surface area (Å²) in [7, 11) is 0. The number of ether oxygens (including phenoxy) is 1. The summed E-state index contributed by atoms with van der Waals surface area (Å²) in [5.41, 5.74) is 0.403. The van der Waals surface area contributed by atoms with Crippen molar-refractivity contribution in [3.8, 4) is 5.75 Å². The van der Waals surface area contributed by atoms with Crippen LogP contribution in [0.3, 0.4) is 0 Å². The number of aromatic nitrogens is 1. The molecule has 3 rings (SSSR count). The SMILES string of the molecule is Cc1ccc(OC[C@H](O)CN2CCN(c3ccc(C(F)(F)F)cn3)CC2)cc1. The van der Waals surface area contributed by atoms with E-state index in [4.69, 9.17) is 4.74 Å². The molecule has 8 heteroatoms. The first kappa shape index (κ1) is 20.4. The zero-order valence-corrected chi connectivity index (χ0v) is 15.7. The lowest BCUT2D eigenvalue weighted by molar-refractivity contribution is -0.137. The second-order valence-electron chi connectivity index (χ2n) is 6.97. The van der Waals surface area contributed by atoms with E-state index >= 15 is 0 Å². The molecule has 1 aromatic carbocycles. The molecular formula is C20H24F3N3O2. The van der Waals surface area contributed by atoms with Gasteiger partial charge in [-0.25, -0.2) is 4.98 Å². The maximum atomic E-state index is 12.6. The smallest absolute Gasteiger partial charge is 0.417 e. The van der Waals surface area contributed by atoms with Gasteiger partial charge in [0.25, 0.3) is 0 Å². The Kier molecular flexibility index (Phi) is 6.41. The number of pyridine rings is 1. The zero-order valence-electron chi connectivity index (χ0n) is 15.7. The Hall–Kier alpha value is -2.32. The van der Waals surface area contributed by atoms with Crippen LogP contribution in [0.1, 0.15) is 11.1 Å². The first-order valence-electron chi connectivity index (χ1n) is 9.19. The van der Waals surface area contributed by atoms with Gasteiger partial charge in [-0.3, -0.25) is 4.90 Å². The van der Waals surface area contributed by atoms with Gasteiger partial charge >= 0.3 is 6.18 Å². The number of alkyl halides is 3. The number of aliphatic hydroxyl groups excluding tert-OH is 1. The summed E-state index contributed by atoms with van der Waals surface area (Å²) in [6.45, 7) is 5.38. The third-order valence-electron chi connectivity index (χ3n) is 4.70. The van der Waals surface area contributed by atoms with Crippen molar-refractivity contribution in [1.82, 2.24) is 9.88 Å². The van der Waals surface area contributed by atoms with E-state index in [-0.39, 0.29) is 6.61 Å². The summed E-state index contributed by atoms with van der Waals surface area (Å²) in [5.74, 6) is 1.26. The molecule has 1 aromatic heterocycles. The third-order valence-corrected chi connectivity index (χ3v) is 4.70. The Morgan fingerprint density at radius 1 is 1.07 bits per heavy atom. The van der Waals surface area contributed by atoms with E-state index in [0.717, 1.165) is 23.6 Å². The van der Waals surface area contributed by atoms with Gasteiger partial charge in [-0.2, -0.15) is 13.2 Å². The standard InChI is InChI=1S/C20H24F3N3O2/c1-15-2-5-18(6-3-15)28-14-17(27)13-25-8-10-26(11-9-25)19-7-4-16(12-24-19)20(21,22)23/h2-7,12,17,27H,8-11,13-14H2,1H3/t17-/m1/s1. The van der Waals surface area contributed by atoms with Crippen molar-refractivity contribution in [2.24, 2.45) is 0 Å². The highest BCUT2D eigenvalue weighted by atomic mass is 19.4. The van der Waals surface area contributed by atoms with Gasteiger partial charge in [-0.05, 0) is 31.2 Å². The molecule has 1 N–H and O–H groups in total. The topological polar surface area (TPSA) is 48.8 Å². The van der Waals surface area contributed by atoms with Gasteiger partial charge in [0.1, 0.15) is 24.3 Å². The maximum absolute atomic E-state index is 12.6. The molecule has 0 radical (unpaired) electrons. The van der Waals surface area contributed by atoms with Crippen LogP contribution in [0.4, 0.5) is 19.0 Å². The Morgan fingerprint density at radius 3 is 2.32 bits per heavy atom. The molecule has 5 nitrogen and oxygen atoms in total. The number of piperazine rings is 1. The normalized spacial score (nSPS) is 16.8. The van der Waals surface area contributed by atoms with Crippen LogP contribution in [-0.4, -0.2) is 60.4 Å². The van der Waals surface area contributed by atoms with Gasteiger partial charge in [0.2, 0.25) is 0 Å². The molecule has 0 amide bonds. The number of hydrogen-bond acceptors (Lipinski definition) is 5. The number of anilines is 1. The lowest BCUT2D eigenvalue weighted by Crippen LogP contribution is -2.49. The fourth-order valence-electron chi connectivity index (χ4n) is 3.08. The molecule has 0 saturated carbocycles. The van der Waals surface area contributed by atoms with E-state index < -0.39 is 17.8 Å². The van der Waals surface area contributed by atoms with E-state index in [1.807, 2.05) is 36.1 Å². The van der Waals surface area contributed by atoms with Crippen molar-refractivity contribution in [3.63, 3.8) is 0 Å². The van der Waals surface area contributed by atoms with E-state index in [9.17, 15) is 18.3 Å². The van der Waals surface area contributed by atoms with Crippen LogP contribution in [0.5, 0.6) is 5.75 Å². The molecule has 0 unspecified atom stereocenters. The average molecular weight is 395 g/mol. The number of aliphatic hydroxyl groups is 1. The van der Waals surface area contributed by atoms with Crippen molar-refractivity contribution >= 4 is 5.82 Å². The first-order valence-corrected chi connectivity index (χ1v) is 9.19. The van der Waals surface area contributed by atoms with Crippen LogP contribution in [0.2, 0.25) is 0 Å². The molecule has 1 fully saturated rings. The van der Waals surface area contributed by atoms with Crippen LogP contribution in [0.15, 0.2) is 42.6 Å². The predicted molar refractivity (Wildman–Crippen MR) is 101 cm³/mol. The van der Waals surface area contributed by atoms with Gasteiger partial charge in [0.05, 0.1) is 5.56 Å². The minimum Gasteiger partial charge on any atom is -0.491 e. The number of hydrogen-bond donors (Lipinski definition) is 1. The molecule has 2 aromatic rings. The van der Waals surface area contributed by atoms with Gasteiger partial charge in [-0.1, -0.05) is 17.7 Å². The molecule has 0 spiro atoms. The van der Waals surface area contributed by atoms with Gasteiger partial charge < -0.3 is 14.7 Å². The van der Waals surface area contributed by atoms with Crippen LogP contribution in [0.25, 0.3) is 0 Å². The number of rotatable bonds is 6. The third kappa shape index (κ3) is 5.59. The summed E-state index contributed by atoms with van der Waals surface area (Å²) in [6.07, 6.45) is -4.12. The largest absolute Gasteiger partial charge is 0.491 e. The molecular weight excluding hydrogens is 371 g/mol. The number of benzene rings is 1.